The standard InChI is InChI=1S/C15H17N3O2/c1-17-8-7-12(9-14(17)19)15(20)18(2)10-11-3-5-13(16)6-4-11/h3-9H,10,16H2,1-2H3. The Bertz CT molecular complexity index is 674. The van der Waals surface area contributed by atoms with Gasteiger partial charge in [0.05, 0.1) is 0 Å². The summed E-state index contributed by atoms with van der Waals surface area (Å²) in [5, 5.41) is 0. The zero-order chi connectivity index (χ0) is 14.7. The smallest absolute Gasteiger partial charge is 0.254 e. The molecule has 0 saturated carbocycles. The van der Waals surface area contributed by atoms with Gasteiger partial charge in [-0.25, -0.2) is 0 Å². The van der Waals surface area contributed by atoms with Crippen LogP contribution in [-0.4, -0.2) is 22.4 Å². The molecule has 0 aliphatic carbocycles. The third-order valence-corrected chi connectivity index (χ3v) is 3.10. The number of benzene rings is 1. The van der Waals surface area contributed by atoms with Gasteiger partial charge in [-0.15, -0.1) is 0 Å². The Labute approximate surface area is 117 Å². The molecule has 0 bridgehead atoms. The molecular weight excluding hydrogens is 254 g/mol. The molecule has 0 saturated heterocycles. The molecule has 0 radical (unpaired) electrons. The monoisotopic (exact) mass is 271 g/mol. The number of aryl methyl sites for hydroxylation is 1. The van der Waals surface area contributed by atoms with Gasteiger partial charge in [-0.05, 0) is 23.8 Å². The van der Waals surface area contributed by atoms with Crippen LogP contribution in [0.15, 0.2) is 47.4 Å². The number of hydrogen-bond donors (Lipinski definition) is 1. The van der Waals surface area contributed by atoms with E-state index in [1.54, 1.807) is 43.4 Å². The van der Waals surface area contributed by atoms with Crippen molar-refractivity contribution in [3.8, 4) is 0 Å². The van der Waals surface area contributed by atoms with Crippen molar-refractivity contribution in [3.05, 3.63) is 64.1 Å². The lowest BCUT2D eigenvalue weighted by molar-refractivity contribution is 0.0785. The first-order valence-electron chi connectivity index (χ1n) is 6.24. The Morgan fingerprint density at radius 1 is 1.25 bits per heavy atom. The molecule has 1 heterocycles. The van der Waals surface area contributed by atoms with Crippen molar-refractivity contribution in [2.45, 2.75) is 6.54 Å². The predicted molar refractivity (Wildman–Crippen MR) is 78.3 cm³/mol. The summed E-state index contributed by atoms with van der Waals surface area (Å²) in [6.07, 6.45) is 1.59. The maximum atomic E-state index is 12.2. The van der Waals surface area contributed by atoms with Gasteiger partial charge in [-0.3, -0.25) is 9.59 Å². The molecule has 1 amide bonds. The lowest BCUT2D eigenvalue weighted by atomic mass is 10.2. The van der Waals surface area contributed by atoms with E-state index in [1.807, 2.05) is 12.1 Å². The number of nitrogens with zero attached hydrogens (tertiary/aromatic N) is 2. The molecule has 5 nitrogen and oxygen atoms in total. The number of carbonyl (C=O) groups is 1. The van der Waals surface area contributed by atoms with Crippen LogP contribution in [0.25, 0.3) is 0 Å². The predicted octanol–water partition coefficient (Wildman–Crippen LogP) is 1.24. The molecule has 0 spiro atoms. The first-order chi connectivity index (χ1) is 9.47. The summed E-state index contributed by atoms with van der Waals surface area (Å²) in [5.74, 6) is -0.181. The molecule has 0 aliphatic heterocycles. The van der Waals surface area contributed by atoms with Crippen molar-refractivity contribution >= 4 is 11.6 Å². The van der Waals surface area contributed by atoms with Gasteiger partial charge in [0.1, 0.15) is 0 Å². The van der Waals surface area contributed by atoms with Crippen molar-refractivity contribution in [2.75, 3.05) is 12.8 Å². The molecule has 2 aromatic rings. The maximum absolute atomic E-state index is 12.2. The van der Waals surface area contributed by atoms with Crippen LogP contribution in [0.5, 0.6) is 0 Å². The first-order valence-corrected chi connectivity index (χ1v) is 6.24. The van der Waals surface area contributed by atoms with E-state index in [0.717, 1.165) is 5.56 Å². The third kappa shape index (κ3) is 3.06. The lowest BCUT2D eigenvalue weighted by Gasteiger charge is -2.17. The summed E-state index contributed by atoms with van der Waals surface area (Å²) in [6, 6.07) is 10.3. The highest BCUT2D eigenvalue weighted by Gasteiger charge is 2.12. The molecule has 0 unspecified atom stereocenters. The average Bonchev–Trinajstić information content (AvgIpc) is 2.43. The molecule has 2 N–H and O–H groups in total. The zero-order valence-electron chi connectivity index (χ0n) is 11.5. The van der Waals surface area contributed by atoms with Crippen LogP contribution in [0, 0.1) is 0 Å². The number of carbonyl (C=O) groups excluding carboxylic acids is 1. The Morgan fingerprint density at radius 3 is 2.50 bits per heavy atom. The molecule has 0 atom stereocenters. The summed E-state index contributed by atoms with van der Waals surface area (Å²) in [5.41, 5.74) is 7.49. The van der Waals surface area contributed by atoms with E-state index >= 15 is 0 Å². The fourth-order valence-electron chi connectivity index (χ4n) is 1.87. The molecule has 2 rings (SSSR count). The third-order valence-electron chi connectivity index (χ3n) is 3.10. The van der Waals surface area contributed by atoms with E-state index in [9.17, 15) is 9.59 Å². The fraction of sp³-hybridized carbons (Fsp3) is 0.200. The number of nitrogens with two attached hydrogens (primary N) is 1. The number of nitrogen functional groups attached to an aromatic ring is 1. The van der Waals surface area contributed by atoms with Crippen LogP contribution in [0.1, 0.15) is 15.9 Å². The Hall–Kier alpha value is -2.56. The van der Waals surface area contributed by atoms with Crippen molar-refractivity contribution in [1.82, 2.24) is 9.47 Å². The maximum Gasteiger partial charge on any atom is 0.254 e. The highest BCUT2D eigenvalue weighted by atomic mass is 16.2. The Kier molecular flexibility index (Phi) is 3.89. The Balaban J connectivity index is 2.14. The van der Waals surface area contributed by atoms with Gasteiger partial charge >= 0.3 is 0 Å². The van der Waals surface area contributed by atoms with Gasteiger partial charge in [-0.2, -0.15) is 0 Å². The molecule has 20 heavy (non-hydrogen) atoms. The highest BCUT2D eigenvalue weighted by Crippen LogP contribution is 2.09. The molecule has 0 fully saturated rings. The Morgan fingerprint density at radius 2 is 1.90 bits per heavy atom. The van der Waals surface area contributed by atoms with Crippen LogP contribution >= 0.6 is 0 Å². The van der Waals surface area contributed by atoms with Gasteiger partial charge in [0.2, 0.25) is 0 Å². The summed E-state index contributed by atoms with van der Waals surface area (Å²) in [7, 11) is 3.35. The van der Waals surface area contributed by atoms with Gasteiger partial charge in [0.15, 0.2) is 0 Å². The highest BCUT2D eigenvalue weighted by molar-refractivity contribution is 5.93. The number of anilines is 1. The van der Waals surface area contributed by atoms with Gasteiger partial charge in [-0.1, -0.05) is 12.1 Å². The molecule has 0 aliphatic rings. The minimum Gasteiger partial charge on any atom is -0.399 e. The van der Waals surface area contributed by atoms with Gasteiger partial charge < -0.3 is 15.2 Å². The number of pyridine rings is 1. The number of rotatable bonds is 3. The number of amides is 1. The van der Waals surface area contributed by atoms with E-state index in [-0.39, 0.29) is 11.5 Å². The summed E-state index contributed by atoms with van der Waals surface area (Å²) >= 11 is 0. The second-order valence-electron chi connectivity index (χ2n) is 4.77. The van der Waals surface area contributed by atoms with Crippen LogP contribution in [0.2, 0.25) is 0 Å². The summed E-state index contributed by atoms with van der Waals surface area (Å²) in [6.45, 7) is 0.467. The first kappa shape index (κ1) is 13.9. The van der Waals surface area contributed by atoms with Crippen LogP contribution in [0.3, 0.4) is 0 Å². The lowest BCUT2D eigenvalue weighted by Crippen LogP contribution is -2.28. The average molecular weight is 271 g/mol. The largest absolute Gasteiger partial charge is 0.399 e. The van der Waals surface area contributed by atoms with Gasteiger partial charge in [0, 0.05) is 44.2 Å². The quantitative estimate of drug-likeness (QED) is 0.854. The minimum atomic E-state index is -0.197. The molecule has 1 aromatic carbocycles. The second-order valence-corrected chi connectivity index (χ2v) is 4.77. The van der Waals surface area contributed by atoms with Crippen molar-refractivity contribution in [3.63, 3.8) is 0 Å². The van der Waals surface area contributed by atoms with Gasteiger partial charge in [0.25, 0.3) is 11.5 Å². The molecule has 5 heteroatoms. The summed E-state index contributed by atoms with van der Waals surface area (Å²) < 4.78 is 1.43. The second kappa shape index (κ2) is 5.61. The van der Waals surface area contributed by atoms with Crippen molar-refractivity contribution < 1.29 is 4.79 Å². The van der Waals surface area contributed by atoms with Crippen molar-refractivity contribution in [1.29, 1.82) is 0 Å². The van der Waals surface area contributed by atoms with E-state index < -0.39 is 0 Å². The molecule has 104 valence electrons. The normalized spacial score (nSPS) is 10.3. The van der Waals surface area contributed by atoms with Crippen LogP contribution < -0.4 is 11.3 Å². The van der Waals surface area contributed by atoms with E-state index in [0.29, 0.717) is 17.8 Å². The summed E-state index contributed by atoms with van der Waals surface area (Å²) in [4.78, 5) is 25.3. The minimum absolute atomic E-state index is 0.181. The number of aromatic nitrogens is 1. The topological polar surface area (TPSA) is 68.3 Å². The van der Waals surface area contributed by atoms with Crippen LogP contribution in [0.4, 0.5) is 5.69 Å². The van der Waals surface area contributed by atoms with E-state index in [2.05, 4.69) is 0 Å². The number of hydrogen-bond acceptors (Lipinski definition) is 3. The van der Waals surface area contributed by atoms with Crippen molar-refractivity contribution in [2.24, 2.45) is 7.05 Å². The van der Waals surface area contributed by atoms with Crippen LogP contribution in [-0.2, 0) is 13.6 Å². The molecular formula is C15H17N3O2. The van der Waals surface area contributed by atoms with E-state index in [1.165, 1.54) is 10.6 Å². The fourth-order valence-corrected chi connectivity index (χ4v) is 1.87. The SMILES string of the molecule is CN(Cc1ccc(N)cc1)C(=O)c1ccn(C)c(=O)c1. The van der Waals surface area contributed by atoms with E-state index in [4.69, 9.17) is 5.73 Å². The zero-order valence-corrected chi connectivity index (χ0v) is 11.5. The molecule has 1 aromatic heterocycles.